The molecule has 0 bridgehead atoms. The Balaban J connectivity index is 0. The van der Waals surface area contributed by atoms with Gasteiger partial charge in [0.25, 0.3) is 0 Å². The second-order valence-corrected chi connectivity index (χ2v) is 10.9. The molecule has 0 saturated carbocycles. The van der Waals surface area contributed by atoms with Crippen LogP contribution in [0.5, 0.6) is 0 Å². The molecule has 0 spiro atoms. The molecule has 2 N–H and O–H groups in total. The second kappa shape index (κ2) is 13.0. The zero-order chi connectivity index (χ0) is 16.1. The van der Waals surface area contributed by atoms with Gasteiger partial charge in [-0.3, -0.25) is 9.11 Å². The van der Waals surface area contributed by atoms with Crippen LogP contribution < -0.4 is 0 Å². The summed E-state index contributed by atoms with van der Waals surface area (Å²) in [6.45, 7) is 9.46. The van der Waals surface area contributed by atoms with Crippen LogP contribution in [0.1, 0.15) is 66.2 Å². The van der Waals surface area contributed by atoms with Gasteiger partial charge in [-0.2, -0.15) is 8.42 Å². The average molecular weight is 329 g/mol. The lowest BCUT2D eigenvalue weighted by molar-refractivity contribution is 0.381. The summed E-state index contributed by atoms with van der Waals surface area (Å²) in [4.78, 5) is 0. The van der Waals surface area contributed by atoms with Crippen molar-refractivity contribution in [3.05, 3.63) is 0 Å². The van der Waals surface area contributed by atoms with Gasteiger partial charge >= 0.3 is 10.4 Å². The zero-order valence-electron chi connectivity index (χ0n) is 13.6. The maximum absolute atomic E-state index is 8.74. The van der Waals surface area contributed by atoms with Gasteiger partial charge in [-0.15, -0.1) is 0 Å². The summed E-state index contributed by atoms with van der Waals surface area (Å²) in [6.07, 6.45) is 14.9. The largest absolute Gasteiger partial charge is 0.394 e. The van der Waals surface area contributed by atoms with Crippen molar-refractivity contribution in [1.29, 1.82) is 0 Å². The van der Waals surface area contributed by atoms with E-state index in [-0.39, 0.29) is 0 Å². The lowest BCUT2D eigenvalue weighted by Crippen LogP contribution is -2.11. The maximum Gasteiger partial charge on any atom is 0.394 e. The van der Waals surface area contributed by atoms with Crippen LogP contribution in [0.25, 0.3) is 0 Å². The molecular weight excluding hydrogens is 295 g/mol. The molecule has 0 amide bonds. The monoisotopic (exact) mass is 329 g/mol. The minimum absolute atomic E-state index is 0.527. The van der Waals surface area contributed by atoms with Gasteiger partial charge in [0.05, 0.1) is 24.6 Å². The van der Waals surface area contributed by atoms with Crippen LogP contribution in [0.15, 0.2) is 0 Å². The summed E-state index contributed by atoms with van der Waals surface area (Å²) in [5, 5.41) is 0. The van der Waals surface area contributed by atoms with Crippen molar-refractivity contribution < 1.29 is 17.5 Å². The number of rotatable bonds is 10. The Hall–Kier alpha value is 0.300. The molecule has 6 heteroatoms. The molecule has 4 nitrogen and oxygen atoms in total. The van der Waals surface area contributed by atoms with Crippen LogP contribution in [0, 0.1) is 0 Å². The summed E-state index contributed by atoms with van der Waals surface area (Å²) >= 11 is 0. The van der Waals surface area contributed by atoms with Crippen molar-refractivity contribution in [2.45, 2.75) is 66.2 Å². The molecule has 20 heavy (non-hydrogen) atoms. The second-order valence-electron chi connectivity index (χ2n) is 5.34. The Labute approximate surface area is 126 Å². The fourth-order valence-electron chi connectivity index (χ4n) is 2.29. The van der Waals surface area contributed by atoms with Gasteiger partial charge in [0, 0.05) is 7.26 Å². The average Bonchev–Trinajstić information content (AvgIpc) is 2.37. The molecule has 124 valence electrons. The van der Waals surface area contributed by atoms with E-state index in [4.69, 9.17) is 17.5 Å². The third-order valence-corrected chi connectivity index (χ3v) is 8.77. The lowest BCUT2D eigenvalue weighted by atomic mass is 10.4. The van der Waals surface area contributed by atoms with Crippen molar-refractivity contribution in [3.8, 4) is 0 Å². The standard InChI is InChI=1S/C14H32P.H2O4S/c1-5-9-12-15(8-4,13-10-6-2)14-11-7-3;1-5(2,3)4/h5-14H2,1-4H3;(H2,1,2,3,4)/q+1;. The molecular formula is C14H34O4PS+. The first-order chi connectivity index (χ1) is 9.24. The highest BCUT2D eigenvalue weighted by Crippen LogP contribution is 2.60. The Bertz CT molecular complexity index is 275. The van der Waals surface area contributed by atoms with Crippen LogP contribution in [0.2, 0.25) is 0 Å². The number of hydrogen-bond donors (Lipinski definition) is 2. The van der Waals surface area contributed by atoms with Gasteiger partial charge in [-0.1, -0.05) is 40.0 Å². The molecule has 0 aromatic carbocycles. The fraction of sp³-hybridized carbons (Fsp3) is 1.00. The van der Waals surface area contributed by atoms with Gasteiger partial charge in [0.1, 0.15) is 0 Å². The summed E-state index contributed by atoms with van der Waals surface area (Å²) in [6, 6.07) is 0. The first-order valence-electron chi connectivity index (χ1n) is 7.79. The normalized spacial score (nSPS) is 11.9. The molecule has 0 aromatic heterocycles. The molecule has 0 aliphatic carbocycles. The first kappa shape index (κ1) is 22.6. The summed E-state index contributed by atoms with van der Waals surface area (Å²) in [5.74, 6) is 0. The van der Waals surface area contributed by atoms with Gasteiger partial charge in [-0.05, 0) is 26.2 Å². The van der Waals surface area contributed by atoms with Crippen molar-refractivity contribution in [3.63, 3.8) is 0 Å². The van der Waals surface area contributed by atoms with Crippen molar-refractivity contribution >= 4 is 17.7 Å². The molecule has 0 rings (SSSR count). The Morgan fingerprint density at radius 2 is 1.00 bits per heavy atom. The lowest BCUT2D eigenvalue weighted by Gasteiger charge is -2.26. The van der Waals surface area contributed by atoms with Gasteiger partial charge in [-0.25, -0.2) is 0 Å². The minimum atomic E-state index is -4.67. The minimum Gasteiger partial charge on any atom is -0.264 e. The van der Waals surface area contributed by atoms with E-state index < -0.39 is 17.7 Å². The molecule has 0 aliphatic heterocycles. The van der Waals surface area contributed by atoms with Crippen molar-refractivity contribution in [2.75, 3.05) is 24.6 Å². The summed E-state index contributed by atoms with van der Waals surface area (Å²) in [7, 11) is -5.19. The van der Waals surface area contributed by atoms with Gasteiger partial charge in [0.2, 0.25) is 0 Å². The highest BCUT2D eigenvalue weighted by molar-refractivity contribution is 7.79. The van der Waals surface area contributed by atoms with Crippen molar-refractivity contribution in [2.24, 2.45) is 0 Å². The summed E-state index contributed by atoms with van der Waals surface area (Å²) < 4.78 is 31.6. The van der Waals surface area contributed by atoms with E-state index in [9.17, 15) is 0 Å². The first-order valence-corrected chi connectivity index (χ1v) is 11.7. The zero-order valence-corrected chi connectivity index (χ0v) is 15.3. The smallest absolute Gasteiger partial charge is 0.264 e. The molecule has 0 fully saturated rings. The maximum atomic E-state index is 8.74. The van der Waals surface area contributed by atoms with Crippen LogP contribution in [-0.2, 0) is 10.4 Å². The molecule has 0 saturated heterocycles. The van der Waals surface area contributed by atoms with Crippen molar-refractivity contribution in [1.82, 2.24) is 0 Å². The molecule has 0 aliphatic rings. The highest BCUT2D eigenvalue weighted by Gasteiger charge is 2.32. The van der Waals surface area contributed by atoms with E-state index in [1.807, 2.05) is 0 Å². The number of hydrogen-bond acceptors (Lipinski definition) is 2. The molecule has 0 atom stereocenters. The Kier molecular flexibility index (Phi) is 14.7. The van der Waals surface area contributed by atoms with Crippen LogP contribution >= 0.6 is 7.26 Å². The third-order valence-electron chi connectivity index (χ3n) is 3.63. The Morgan fingerprint density at radius 1 is 0.750 bits per heavy atom. The molecule has 0 aromatic rings. The Morgan fingerprint density at radius 3 is 1.15 bits per heavy atom. The van der Waals surface area contributed by atoms with Gasteiger partial charge < -0.3 is 0 Å². The molecule has 0 heterocycles. The fourth-order valence-corrected chi connectivity index (χ4v) is 6.87. The van der Waals surface area contributed by atoms with E-state index in [1.54, 1.807) is 18.5 Å². The van der Waals surface area contributed by atoms with Crippen LogP contribution in [-0.4, -0.2) is 42.2 Å². The third kappa shape index (κ3) is 16.4. The van der Waals surface area contributed by atoms with Crippen LogP contribution in [0.4, 0.5) is 0 Å². The molecule has 0 unspecified atom stereocenters. The van der Waals surface area contributed by atoms with E-state index in [1.165, 1.54) is 44.7 Å². The van der Waals surface area contributed by atoms with E-state index in [0.717, 1.165) is 0 Å². The predicted octanol–water partition coefficient (Wildman–Crippen LogP) is 4.77. The highest BCUT2D eigenvalue weighted by atomic mass is 32.3. The predicted molar refractivity (Wildman–Crippen MR) is 91.0 cm³/mol. The van der Waals surface area contributed by atoms with Gasteiger partial charge in [0.15, 0.2) is 0 Å². The topological polar surface area (TPSA) is 74.6 Å². The quantitative estimate of drug-likeness (QED) is 0.447. The number of unbranched alkanes of at least 4 members (excludes halogenated alkanes) is 3. The molecule has 0 radical (unpaired) electrons. The van der Waals surface area contributed by atoms with E-state index in [2.05, 4.69) is 27.7 Å². The van der Waals surface area contributed by atoms with E-state index in [0.29, 0.717) is 0 Å². The van der Waals surface area contributed by atoms with E-state index >= 15 is 0 Å². The van der Waals surface area contributed by atoms with Crippen LogP contribution in [0.3, 0.4) is 0 Å². The SMILES string of the molecule is CCCC[P+](CC)(CCCC)CCCC.O=S(=O)(O)O. The summed E-state index contributed by atoms with van der Waals surface area (Å²) in [5.41, 5.74) is 0.